The second kappa shape index (κ2) is 4.94. The lowest BCUT2D eigenvalue weighted by molar-refractivity contribution is 0.542. The Balaban J connectivity index is 2.60. The maximum absolute atomic E-state index is 11.5. The molecule has 0 aliphatic carbocycles. The molecule has 14 heavy (non-hydrogen) atoms. The minimum atomic E-state index is -2.95. The van der Waals surface area contributed by atoms with Crippen LogP contribution in [0.2, 0.25) is 0 Å². The van der Waals surface area contributed by atoms with E-state index in [1.54, 1.807) is 0 Å². The topological polar surface area (TPSA) is 63.6 Å². The van der Waals surface area contributed by atoms with Crippen LogP contribution >= 0.6 is 0 Å². The summed E-state index contributed by atoms with van der Waals surface area (Å²) in [7, 11) is -2.95. The predicted octanol–water partition coefficient (Wildman–Crippen LogP) is 0.641. The van der Waals surface area contributed by atoms with Crippen molar-refractivity contribution in [2.75, 3.05) is 5.75 Å². The lowest BCUT2D eigenvalue weighted by Crippen LogP contribution is -2.27. The Morgan fingerprint density at radius 2 is 2.14 bits per heavy atom. The molecule has 0 aromatic rings. The van der Waals surface area contributed by atoms with Gasteiger partial charge in [0.15, 0.2) is 9.84 Å². The van der Waals surface area contributed by atoms with E-state index >= 15 is 0 Å². The Labute approximate surface area is 83.3 Å². The molecule has 1 heterocycles. The summed E-state index contributed by atoms with van der Waals surface area (Å²) in [6.45, 7) is 0. The average molecular weight is 213 g/mol. The van der Waals surface area contributed by atoms with Crippen molar-refractivity contribution in [3.63, 3.8) is 0 Å². The molecule has 0 N–H and O–H groups in total. The summed E-state index contributed by atoms with van der Waals surface area (Å²) in [6, 6.07) is 2.21. The Morgan fingerprint density at radius 1 is 1.36 bits per heavy atom. The second-order valence-electron chi connectivity index (χ2n) is 3.18. The van der Waals surface area contributed by atoms with E-state index in [1.807, 2.05) is 0 Å². The number of hydrogen-bond acceptors (Lipinski definition) is 4. The van der Waals surface area contributed by atoms with Crippen LogP contribution in [0.1, 0.15) is 25.7 Å². The second-order valence-corrected chi connectivity index (χ2v) is 5.58. The first-order valence-electron chi connectivity index (χ1n) is 4.43. The van der Waals surface area contributed by atoms with Gasteiger partial charge in [0, 0.05) is 12.5 Å². The van der Waals surface area contributed by atoms with Gasteiger partial charge in [0.25, 0.3) is 0 Å². The van der Waals surface area contributed by atoms with Crippen LogP contribution in [0, 0.1) is 12.0 Å². The Bertz CT molecular complexity index is 396. The summed E-state index contributed by atoms with van der Waals surface area (Å²) in [5.41, 5.74) is 0. The highest BCUT2D eigenvalue weighted by Gasteiger charge is 2.27. The summed E-state index contributed by atoms with van der Waals surface area (Å²) in [4.78, 5) is 12.7. The fraction of sp³-hybridized carbons (Fsp3) is 0.667. The summed E-state index contributed by atoms with van der Waals surface area (Å²) in [6.07, 6.45) is 3.90. The number of nitrogens with zero attached hydrogens (tertiary/aromatic N) is 1. The maximum Gasteiger partial charge on any atom is 0.249 e. The normalized spacial score (nSPS) is 24.1. The fourth-order valence-corrected chi connectivity index (χ4v) is 3.28. The number of sulfone groups is 1. The van der Waals surface area contributed by atoms with Crippen LogP contribution in [0.15, 0.2) is 4.99 Å². The summed E-state index contributed by atoms with van der Waals surface area (Å²) >= 11 is 0. The minimum Gasteiger partial charge on any atom is -0.229 e. The molecule has 0 bridgehead atoms. The van der Waals surface area contributed by atoms with E-state index in [9.17, 15) is 13.2 Å². The molecule has 1 atom stereocenters. The van der Waals surface area contributed by atoms with Gasteiger partial charge in [-0.15, -0.1) is 4.99 Å². The van der Waals surface area contributed by atoms with Crippen LogP contribution in [-0.4, -0.2) is 25.5 Å². The van der Waals surface area contributed by atoms with Crippen molar-refractivity contribution in [2.45, 2.75) is 30.9 Å². The van der Waals surface area contributed by atoms with E-state index in [0.29, 0.717) is 6.42 Å². The molecule has 0 aromatic heterocycles. The van der Waals surface area contributed by atoms with Crippen LogP contribution < -0.4 is 0 Å². The fourth-order valence-electron chi connectivity index (χ4n) is 1.47. The lowest BCUT2D eigenvalue weighted by Gasteiger charge is -2.19. The number of aliphatic imine (C=N–C) groups is 1. The van der Waals surface area contributed by atoms with Crippen molar-refractivity contribution < 1.29 is 13.2 Å². The largest absolute Gasteiger partial charge is 0.249 e. The molecule has 0 saturated carbocycles. The molecule has 1 aliphatic heterocycles. The van der Waals surface area contributed by atoms with Gasteiger partial charge >= 0.3 is 0 Å². The van der Waals surface area contributed by atoms with Gasteiger partial charge in [-0.2, -0.15) is 0 Å². The third-order valence-corrected chi connectivity index (χ3v) is 4.50. The Hall–Kier alpha value is -1.11. The summed E-state index contributed by atoms with van der Waals surface area (Å²) < 4.78 is 22.9. The SMILES string of the molecule is O=C=NC#CCC1CCCCS1(=O)=O. The molecule has 5 heteroatoms. The first-order chi connectivity index (χ1) is 6.67. The molecule has 0 aromatic carbocycles. The van der Waals surface area contributed by atoms with Crippen LogP contribution in [0.3, 0.4) is 0 Å². The summed E-state index contributed by atoms with van der Waals surface area (Å²) in [5.74, 6) is 2.81. The average Bonchev–Trinajstić information content (AvgIpc) is 2.14. The zero-order valence-corrected chi connectivity index (χ0v) is 8.51. The van der Waals surface area contributed by atoms with E-state index in [1.165, 1.54) is 6.08 Å². The van der Waals surface area contributed by atoms with Crippen LogP contribution in [0.25, 0.3) is 0 Å². The molecule has 1 fully saturated rings. The van der Waals surface area contributed by atoms with Crippen LogP contribution in [0.5, 0.6) is 0 Å². The third-order valence-electron chi connectivity index (χ3n) is 2.22. The number of isocyanates is 1. The highest BCUT2D eigenvalue weighted by molar-refractivity contribution is 7.92. The molecule has 76 valence electrons. The smallest absolute Gasteiger partial charge is 0.229 e. The van der Waals surface area contributed by atoms with Crippen molar-refractivity contribution in [1.82, 2.24) is 0 Å². The van der Waals surface area contributed by atoms with Gasteiger partial charge in [-0.3, -0.25) is 0 Å². The first-order valence-corrected chi connectivity index (χ1v) is 6.14. The van der Waals surface area contributed by atoms with Gasteiger partial charge in [-0.1, -0.05) is 12.3 Å². The van der Waals surface area contributed by atoms with Gasteiger partial charge in [-0.25, -0.2) is 13.2 Å². The van der Waals surface area contributed by atoms with E-state index in [0.717, 1.165) is 12.8 Å². The van der Waals surface area contributed by atoms with E-state index in [4.69, 9.17) is 0 Å². The van der Waals surface area contributed by atoms with Gasteiger partial charge in [0.05, 0.1) is 11.0 Å². The van der Waals surface area contributed by atoms with Gasteiger partial charge in [0.2, 0.25) is 6.08 Å². The van der Waals surface area contributed by atoms with Gasteiger partial charge in [-0.05, 0) is 12.8 Å². The molecular formula is C9H11NO3S. The molecule has 1 rings (SSSR count). The van der Waals surface area contributed by atoms with Crippen molar-refractivity contribution in [3.05, 3.63) is 0 Å². The number of hydrogen-bond donors (Lipinski definition) is 0. The maximum atomic E-state index is 11.5. The highest BCUT2D eigenvalue weighted by atomic mass is 32.2. The van der Waals surface area contributed by atoms with E-state index in [-0.39, 0.29) is 17.4 Å². The number of rotatable bonds is 1. The molecule has 1 saturated heterocycles. The summed E-state index contributed by atoms with van der Waals surface area (Å²) in [5, 5.41) is -0.370. The molecule has 0 radical (unpaired) electrons. The number of carbonyl (C=O) groups excluding carboxylic acids is 1. The van der Waals surface area contributed by atoms with Crippen LogP contribution in [-0.2, 0) is 14.6 Å². The monoisotopic (exact) mass is 213 g/mol. The zero-order valence-electron chi connectivity index (χ0n) is 7.69. The Kier molecular flexibility index (Phi) is 3.87. The Morgan fingerprint density at radius 3 is 2.79 bits per heavy atom. The molecule has 1 aliphatic rings. The molecular weight excluding hydrogens is 202 g/mol. The predicted molar refractivity (Wildman–Crippen MR) is 51.9 cm³/mol. The minimum absolute atomic E-state index is 0.260. The quantitative estimate of drug-likeness (QED) is 0.365. The van der Waals surface area contributed by atoms with Crippen molar-refractivity contribution in [1.29, 1.82) is 0 Å². The molecule has 0 spiro atoms. The lowest BCUT2D eigenvalue weighted by atomic mass is 10.1. The molecule has 0 amide bonds. The van der Waals surface area contributed by atoms with Crippen molar-refractivity contribution in [2.24, 2.45) is 4.99 Å². The molecule has 1 unspecified atom stereocenters. The third kappa shape index (κ3) is 2.99. The molecule has 4 nitrogen and oxygen atoms in total. The zero-order chi connectivity index (χ0) is 10.4. The van der Waals surface area contributed by atoms with E-state index in [2.05, 4.69) is 17.0 Å². The standard InChI is InChI=1S/C9H11NO3S/c11-8-10-6-3-5-9-4-1-2-7-14(9,12)13/h9H,1-2,4-5,7H2. The highest BCUT2D eigenvalue weighted by Crippen LogP contribution is 2.21. The van der Waals surface area contributed by atoms with Crippen molar-refractivity contribution in [3.8, 4) is 12.0 Å². The van der Waals surface area contributed by atoms with E-state index < -0.39 is 9.84 Å². The van der Waals surface area contributed by atoms with Crippen LogP contribution in [0.4, 0.5) is 0 Å². The van der Waals surface area contributed by atoms with Gasteiger partial charge in [0.1, 0.15) is 0 Å². The first kappa shape index (κ1) is 11.0. The van der Waals surface area contributed by atoms with Crippen molar-refractivity contribution >= 4 is 15.9 Å². The van der Waals surface area contributed by atoms with Gasteiger partial charge < -0.3 is 0 Å².